The summed E-state index contributed by atoms with van der Waals surface area (Å²) in [4.78, 5) is 29.2. The molecule has 0 aromatic carbocycles. The molecule has 0 saturated heterocycles. The number of ether oxygens (including phenoxy) is 1. The van der Waals surface area contributed by atoms with E-state index in [1.54, 1.807) is 46.9 Å². The van der Waals surface area contributed by atoms with Crippen LogP contribution in [0.15, 0.2) is 39.5 Å². The van der Waals surface area contributed by atoms with Crippen molar-refractivity contribution >= 4 is 11.7 Å². The topological polar surface area (TPSA) is 101 Å². The van der Waals surface area contributed by atoms with Crippen molar-refractivity contribution in [3.05, 3.63) is 56.8 Å². The van der Waals surface area contributed by atoms with Gasteiger partial charge in [0.1, 0.15) is 6.61 Å². The number of esters is 1. The molecule has 0 unspecified atom stereocenters. The minimum atomic E-state index is -1.84. The van der Waals surface area contributed by atoms with E-state index in [1.165, 1.54) is 10.6 Å². The molecule has 140 valence electrons. The number of pyridine rings is 1. The third-order valence-corrected chi connectivity index (χ3v) is 4.45. The quantitative estimate of drug-likeness (QED) is 0.371. The van der Waals surface area contributed by atoms with Gasteiger partial charge in [-0.05, 0) is 45.4 Å². The first-order valence-corrected chi connectivity index (χ1v) is 8.34. The molecular formula is C19H24N2O5. The molecule has 2 heterocycles. The van der Waals surface area contributed by atoms with Crippen molar-refractivity contribution in [2.24, 2.45) is 12.0 Å². The van der Waals surface area contributed by atoms with Crippen LogP contribution in [0.25, 0.3) is 0 Å². The summed E-state index contributed by atoms with van der Waals surface area (Å²) in [6.07, 6.45) is 3.26. The second kappa shape index (κ2) is 7.29. The van der Waals surface area contributed by atoms with Gasteiger partial charge in [-0.2, -0.15) is 0 Å². The Hall–Kier alpha value is -2.67. The summed E-state index contributed by atoms with van der Waals surface area (Å²) in [6.45, 7) is 6.56. The van der Waals surface area contributed by atoms with Gasteiger partial charge >= 0.3 is 5.97 Å². The minimum Gasteiger partial charge on any atom is -0.513 e. The Kier molecular flexibility index (Phi) is 5.51. The fourth-order valence-electron chi connectivity index (χ4n) is 2.91. The third kappa shape index (κ3) is 3.48. The molecule has 0 amide bonds. The van der Waals surface area contributed by atoms with Crippen molar-refractivity contribution in [3.8, 4) is 0 Å². The second-order valence-electron chi connectivity index (χ2n) is 6.39. The predicted molar refractivity (Wildman–Crippen MR) is 98.0 cm³/mol. The molecule has 0 spiro atoms. The van der Waals surface area contributed by atoms with Crippen LogP contribution in [0.1, 0.15) is 50.9 Å². The van der Waals surface area contributed by atoms with Crippen LogP contribution in [0.4, 0.5) is 0 Å². The van der Waals surface area contributed by atoms with Gasteiger partial charge in [-0.15, -0.1) is 0 Å². The van der Waals surface area contributed by atoms with Gasteiger partial charge in [0.15, 0.2) is 5.60 Å². The molecule has 0 radical (unpaired) electrons. The molecule has 7 nitrogen and oxygen atoms in total. The SMILES string of the molecule is CC[C@@]1(O)C(=O)OCc2c1cc(C(C)=N/C(C)=C/C=C(\C)O)n(C)c2=O. The largest absolute Gasteiger partial charge is 0.513 e. The molecule has 26 heavy (non-hydrogen) atoms. The molecule has 2 N–H and O–H groups in total. The van der Waals surface area contributed by atoms with Gasteiger partial charge in [0.05, 0.1) is 22.7 Å². The lowest BCUT2D eigenvalue weighted by Gasteiger charge is -2.32. The molecule has 1 aromatic rings. The number of cyclic esters (lactones) is 1. The Morgan fingerprint density at radius 2 is 2.00 bits per heavy atom. The molecule has 0 saturated carbocycles. The molecule has 7 heteroatoms. The molecule has 0 fully saturated rings. The number of hydrogen-bond acceptors (Lipinski definition) is 6. The van der Waals surface area contributed by atoms with Gasteiger partial charge in [0.2, 0.25) is 0 Å². The summed E-state index contributed by atoms with van der Waals surface area (Å²) in [5.74, 6) is -0.592. The maximum absolute atomic E-state index is 12.7. The van der Waals surface area contributed by atoms with E-state index in [4.69, 9.17) is 4.74 Å². The zero-order valence-electron chi connectivity index (χ0n) is 15.7. The van der Waals surface area contributed by atoms with Crippen LogP contribution in [0.2, 0.25) is 0 Å². The third-order valence-electron chi connectivity index (χ3n) is 4.45. The van der Waals surface area contributed by atoms with Gasteiger partial charge in [-0.3, -0.25) is 9.79 Å². The smallest absolute Gasteiger partial charge is 0.343 e. The van der Waals surface area contributed by atoms with E-state index in [0.29, 0.717) is 17.1 Å². The number of carbonyl (C=O) groups is 1. The monoisotopic (exact) mass is 360 g/mol. The van der Waals surface area contributed by atoms with Crippen molar-refractivity contribution < 1.29 is 19.7 Å². The van der Waals surface area contributed by atoms with E-state index in [2.05, 4.69) is 4.99 Å². The van der Waals surface area contributed by atoms with Gasteiger partial charge < -0.3 is 19.5 Å². The first-order valence-electron chi connectivity index (χ1n) is 8.34. The standard InChI is InChI=1S/C19H24N2O5/c1-6-19(25)15-9-16(13(4)20-11(2)7-8-12(3)22)21(5)17(23)14(15)10-26-18(19)24/h7-9,22,25H,6,10H2,1-5H3/b11-7+,12-8+,20-13?/t19-/m0/s1. The number of carbonyl (C=O) groups excluding carboxylic acids is 1. The highest BCUT2D eigenvalue weighted by molar-refractivity contribution is 5.98. The number of allylic oxidation sites excluding steroid dienone is 4. The Morgan fingerprint density at radius 3 is 2.58 bits per heavy atom. The van der Waals surface area contributed by atoms with Crippen LogP contribution < -0.4 is 5.56 Å². The Bertz CT molecular complexity index is 888. The summed E-state index contributed by atoms with van der Waals surface area (Å²) in [5.41, 5.74) is 0.0499. The molecule has 1 aromatic heterocycles. The van der Waals surface area contributed by atoms with E-state index in [-0.39, 0.29) is 35.5 Å². The number of rotatable bonds is 4. The molecule has 1 atom stereocenters. The van der Waals surface area contributed by atoms with Crippen LogP contribution in [0.5, 0.6) is 0 Å². The molecule has 0 aliphatic carbocycles. The van der Waals surface area contributed by atoms with E-state index in [1.807, 2.05) is 0 Å². The van der Waals surface area contributed by atoms with E-state index in [9.17, 15) is 19.8 Å². The number of aliphatic imine (C=N–C) groups is 1. The van der Waals surface area contributed by atoms with E-state index < -0.39 is 11.6 Å². The maximum atomic E-state index is 12.7. The zero-order valence-corrected chi connectivity index (χ0v) is 15.7. The van der Waals surface area contributed by atoms with Crippen LogP contribution in [-0.2, 0) is 28.8 Å². The molecule has 1 aliphatic rings. The average molecular weight is 360 g/mol. The van der Waals surface area contributed by atoms with Crippen LogP contribution in [-0.4, -0.2) is 26.5 Å². The van der Waals surface area contributed by atoms with Gasteiger partial charge in [0.25, 0.3) is 5.56 Å². The van der Waals surface area contributed by atoms with Gasteiger partial charge in [0, 0.05) is 18.3 Å². The molecular weight excluding hydrogens is 336 g/mol. The zero-order chi connectivity index (χ0) is 19.6. The molecule has 0 bridgehead atoms. The number of aliphatic hydroxyl groups excluding tert-OH is 1. The first kappa shape index (κ1) is 19.7. The van der Waals surface area contributed by atoms with E-state index >= 15 is 0 Å². The number of aliphatic hydroxyl groups is 2. The van der Waals surface area contributed by atoms with Crippen molar-refractivity contribution in [1.82, 2.24) is 4.57 Å². The Labute approximate surface area is 152 Å². The van der Waals surface area contributed by atoms with Crippen LogP contribution >= 0.6 is 0 Å². The lowest BCUT2D eigenvalue weighted by molar-refractivity contribution is -0.172. The second-order valence-corrected chi connectivity index (χ2v) is 6.39. The highest BCUT2D eigenvalue weighted by Gasteiger charge is 2.44. The summed E-state index contributed by atoms with van der Waals surface area (Å²) >= 11 is 0. The first-order chi connectivity index (χ1) is 12.1. The Balaban J connectivity index is 2.64. The number of hydrogen-bond donors (Lipinski definition) is 2. The normalized spacial score (nSPS) is 21.5. The fourth-order valence-corrected chi connectivity index (χ4v) is 2.91. The lowest BCUT2D eigenvalue weighted by Crippen LogP contribution is -2.44. The number of aromatic nitrogens is 1. The average Bonchev–Trinajstić information content (AvgIpc) is 2.59. The fraction of sp³-hybridized carbons (Fsp3) is 0.421. The van der Waals surface area contributed by atoms with Crippen molar-refractivity contribution in [2.45, 2.75) is 46.3 Å². The summed E-state index contributed by atoms with van der Waals surface area (Å²) < 4.78 is 6.42. The van der Waals surface area contributed by atoms with Gasteiger partial charge in [-0.25, -0.2) is 4.79 Å². The highest BCUT2D eigenvalue weighted by atomic mass is 16.6. The number of nitrogens with zero attached hydrogens (tertiary/aromatic N) is 2. The van der Waals surface area contributed by atoms with Gasteiger partial charge in [-0.1, -0.05) is 6.92 Å². The summed E-state index contributed by atoms with van der Waals surface area (Å²) in [6, 6.07) is 1.62. The minimum absolute atomic E-state index is 0.0983. The maximum Gasteiger partial charge on any atom is 0.343 e. The predicted octanol–water partition coefficient (Wildman–Crippen LogP) is 2.21. The van der Waals surface area contributed by atoms with Crippen LogP contribution in [0, 0.1) is 0 Å². The van der Waals surface area contributed by atoms with Crippen molar-refractivity contribution in [1.29, 1.82) is 0 Å². The Morgan fingerprint density at radius 1 is 1.35 bits per heavy atom. The van der Waals surface area contributed by atoms with E-state index in [0.717, 1.165) is 0 Å². The highest BCUT2D eigenvalue weighted by Crippen LogP contribution is 2.33. The van der Waals surface area contributed by atoms with Crippen molar-refractivity contribution in [3.63, 3.8) is 0 Å². The summed E-state index contributed by atoms with van der Waals surface area (Å²) in [7, 11) is 1.61. The van der Waals surface area contributed by atoms with Crippen LogP contribution in [0.3, 0.4) is 0 Å². The van der Waals surface area contributed by atoms with Crippen molar-refractivity contribution in [2.75, 3.05) is 0 Å². The molecule has 1 aliphatic heterocycles. The summed E-state index contributed by atoms with van der Waals surface area (Å²) in [5, 5.41) is 20.0. The molecule has 2 rings (SSSR count). The lowest BCUT2D eigenvalue weighted by atomic mass is 9.86. The number of fused-ring (bicyclic) bond motifs is 1.